The molecule has 1 aromatic rings. The van der Waals surface area contributed by atoms with E-state index < -0.39 is 4.92 Å². The van der Waals surface area contributed by atoms with E-state index in [-0.39, 0.29) is 11.7 Å². The molecular weight excluding hydrogens is 220 g/mol. The van der Waals surface area contributed by atoms with Gasteiger partial charge in [0.2, 0.25) is 0 Å². The van der Waals surface area contributed by atoms with Crippen LogP contribution in [0.3, 0.4) is 0 Å². The van der Waals surface area contributed by atoms with E-state index in [9.17, 15) is 10.1 Å². The molecule has 1 unspecified atom stereocenters. The van der Waals surface area contributed by atoms with Crippen LogP contribution in [-0.2, 0) is 11.2 Å². The van der Waals surface area contributed by atoms with E-state index in [0.717, 1.165) is 24.8 Å². The largest absolute Gasteiger partial charge is 0.383 e. The zero-order valence-corrected chi connectivity index (χ0v) is 9.96. The Labute approximate surface area is 101 Å². The molecule has 17 heavy (non-hydrogen) atoms. The third kappa shape index (κ3) is 4.93. The van der Waals surface area contributed by atoms with Crippen molar-refractivity contribution in [3.63, 3.8) is 0 Å². The van der Waals surface area contributed by atoms with Crippen LogP contribution in [0.5, 0.6) is 0 Å². The van der Waals surface area contributed by atoms with Crippen LogP contribution in [0.2, 0.25) is 0 Å². The summed E-state index contributed by atoms with van der Waals surface area (Å²) in [6.45, 7) is 0.570. The Bertz CT molecular complexity index is 351. The number of methoxy groups -OCH3 is 1. The standard InChI is InChI=1S/C12H18N2O3/c1-17-9-11(13)4-2-3-10-5-7-12(8-6-10)14(15)16/h5-8,11H,2-4,9,13H2,1H3. The second-order valence-corrected chi connectivity index (χ2v) is 4.03. The summed E-state index contributed by atoms with van der Waals surface area (Å²) < 4.78 is 4.95. The Morgan fingerprint density at radius 3 is 2.59 bits per heavy atom. The van der Waals surface area contributed by atoms with E-state index in [0.29, 0.717) is 6.61 Å². The highest BCUT2D eigenvalue weighted by atomic mass is 16.6. The molecule has 1 aromatic carbocycles. The summed E-state index contributed by atoms with van der Waals surface area (Å²) >= 11 is 0. The van der Waals surface area contributed by atoms with Crippen molar-refractivity contribution in [3.8, 4) is 0 Å². The molecule has 1 atom stereocenters. The number of hydrogen-bond acceptors (Lipinski definition) is 4. The maximum absolute atomic E-state index is 10.5. The van der Waals surface area contributed by atoms with Crippen LogP contribution in [-0.4, -0.2) is 24.7 Å². The maximum Gasteiger partial charge on any atom is 0.269 e. The smallest absolute Gasteiger partial charge is 0.269 e. The van der Waals surface area contributed by atoms with Gasteiger partial charge in [-0.3, -0.25) is 10.1 Å². The molecule has 2 N–H and O–H groups in total. The summed E-state index contributed by atoms with van der Waals surface area (Å²) in [5.41, 5.74) is 7.02. The lowest BCUT2D eigenvalue weighted by molar-refractivity contribution is -0.384. The van der Waals surface area contributed by atoms with Gasteiger partial charge in [-0.1, -0.05) is 12.1 Å². The first-order chi connectivity index (χ1) is 8.13. The molecule has 0 amide bonds. The van der Waals surface area contributed by atoms with Crippen LogP contribution in [0.15, 0.2) is 24.3 Å². The predicted octanol–water partition coefficient (Wildman–Crippen LogP) is 1.89. The van der Waals surface area contributed by atoms with E-state index in [4.69, 9.17) is 10.5 Å². The molecule has 5 heteroatoms. The summed E-state index contributed by atoms with van der Waals surface area (Å²) in [6, 6.07) is 6.72. The zero-order chi connectivity index (χ0) is 12.7. The van der Waals surface area contributed by atoms with Gasteiger partial charge in [0.25, 0.3) is 5.69 Å². The SMILES string of the molecule is COCC(N)CCCc1ccc([N+](=O)[O-])cc1. The van der Waals surface area contributed by atoms with E-state index >= 15 is 0 Å². The summed E-state index contributed by atoms with van der Waals surface area (Å²) in [7, 11) is 1.64. The number of benzene rings is 1. The second-order valence-electron chi connectivity index (χ2n) is 4.03. The molecule has 94 valence electrons. The molecule has 0 fully saturated rings. The van der Waals surface area contributed by atoms with Crippen molar-refractivity contribution < 1.29 is 9.66 Å². The number of nitro benzene ring substituents is 1. The maximum atomic E-state index is 10.5. The fraction of sp³-hybridized carbons (Fsp3) is 0.500. The molecule has 0 heterocycles. The Hall–Kier alpha value is -1.46. The lowest BCUT2D eigenvalue weighted by Gasteiger charge is -2.09. The van der Waals surface area contributed by atoms with Crippen LogP contribution in [0.25, 0.3) is 0 Å². The van der Waals surface area contributed by atoms with Gasteiger partial charge >= 0.3 is 0 Å². The second kappa shape index (κ2) is 6.98. The highest BCUT2D eigenvalue weighted by Crippen LogP contribution is 2.13. The van der Waals surface area contributed by atoms with Crippen molar-refractivity contribution in [2.75, 3.05) is 13.7 Å². The van der Waals surface area contributed by atoms with Crippen LogP contribution in [0.1, 0.15) is 18.4 Å². The minimum Gasteiger partial charge on any atom is -0.383 e. The summed E-state index contributed by atoms with van der Waals surface area (Å²) in [6.07, 6.45) is 2.74. The Morgan fingerprint density at radius 2 is 2.06 bits per heavy atom. The summed E-state index contributed by atoms with van der Waals surface area (Å²) in [4.78, 5) is 10.1. The average molecular weight is 238 g/mol. The fourth-order valence-corrected chi connectivity index (χ4v) is 1.65. The van der Waals surface area contributed by atoms with Crippen molar-refractivity contribution in [1.82, 2.24) is 0 Å². The first kappa shape index (κ1) is 13.6. The fourth-order valence-electron chi connectivity index (χ4n) is 1.65. The van der Waals surface area contributed by atoms with Crippen LogP contribution in [0.4, 0.5) is 5.69 Å². The number of aryl methyl sites for hydroxylation is 1. The van der Waals surface area contributed by atoms with E-state index in [1.807, 2.05) is 0 Å². The third-order valence-electron chi connectivity index (χ3n) is 2.57. The van der Waals surface area contributed by atoms with Gasteiger partial charge in [0, 0.05) is 25.3 Å². The monoisotopic (exact) mass is 238 g/mol. The number of nitrogens with two attached hydrogens (primary N) is 1. The average Bonchev–Trinajstić information content (AvgIpc) is 2.30. The van der Waals surface area contributed by atoms with Crippen molar-refractivity contribution in [2.24, 2.45) is 5.73 Å². The zero-order valence-electron chi connectivity index (χ0n) is 9.96. The molecular formula is C12H18N2O3. The van der Waals surface area contributed by atoms with Crippen molar-refractivity contribution in [2.45, 2.75) is 25.3 Å². The van der Waals surface area contributed by atoms with Gasteiger partial charge in [-0.15, -0.1) is 0 Å². The number of nitro groups is 1. The van der Waals surface area contributed by atoms with E-state index in [2.05, 4.69) is 0 Å². The number of rotatable bonds is 7. The highest BCUT2D eigenvalue weighted by Gasteiger charge is 2.05. The van der Waals surface area contributed by atoms with E-state index in [1.165, 1.54) is 12.1 Å². The number of nitrogens with zero attached hydrogens (tertiary/aromatic N) is 1. The minimum absolute atomic E-state index is 0.0676. The number of non-ortho nitro benzene ring substituents is 1. The van der Waals surface area contributed by atoms with Crippen LogP contribution < -0.4 is 5.73 Å². The molecule has 0 aliphatic rings. The van der Waals surface area contributed by atoms with E-state index in [1.54, 1.807) is 19.2 Å². The Kier molecular flexibility index (Phi) is 5.59. The van der Waals surface area contributed by atoms with Crippen LogP contribution in [0, 0.1) is 10.1 Å². The van der Waals surface area contributed by atoms with Crippen LogP contribution >= 0.6 is 0 Å². The highest BCUT2D eigenvalue weighted by molar-refractivity contribution is 5.32. The lowest BCUT2D eigenvalue weighted by Crippen LogP contribution is -2.25. The Balaban J connectivity index is 2.34. The lowest BCUT2D eigenvalue weighted by atomic mass is 10.1. The topological polar surface area (TPSA) is 78.4 Å². The number of ether oxygens (including phenoxy) is 1. The molecule has 1 rings (SSSR count). The Morgan fingerprint density at radius 1 is 1.41 bits per heavy atom. The van der Waals surface area contributed by atoms with Gasteiger partial charge in [0.1, 0.15) is 0 Å². The molecule has 0 radical (unpaired) electrons. The van der Waals surface area contributed by atoms with Gasteiger partial charge in [-0.05, 0) is 24.8 Å². The minimum atomic E-state index is -0.391. The van der Waals surface area contributed by atoms with Crippen molar-refractivity contribution >= 4 is 5.69 Å². The predicted molar refractivity (Wildman–Crippen MR) is 65.9 cm³/mol. The molecule has 0 aromatic heterocycles. The molecule has 0 spiro atoms. The third-order valence-corrected chi connectivity index (χ3v) is 2.57. The quantitative estimate of drug-likeness (QED) is 0.581. The van der Waals surface area contributed by atoms with Crippen molar-refractivity contribution in [3.05, 3.63) is 39.9 Å². The summed E-state index contributed by atoms with van der Waals surface area (Å²) in [5, 5.41) is 10.5. The molecule has 0 saturated heterocycles. The molecule has 0 saturated carbocycles. The normalized spacial score (nSPS) is 12.4. The van der Waals surface area contributed by atoms with Gasteiger partial charge < -0.3 is 10.5 Å². The van der Waals surface area contributed by atoms with Gasteiger partial charge in [-0.25, -0.2) is 0 Å². The molecule has 0 bridgehead atoms. The molecule has 0 aliphatic heterocycles. The van der Waals surface area contributed by atoms with Crippen molar-refractivity contribution in [1.29, 1.82) is 0 Å². The summed E-state index contributed by atoms with van der Waals surface area (Å²) in [5.74, 6) is 0. The van der Waals surface area contributed by atoms with Gasteiger partial charge in [0.05, 0.1) is 11.5 Å². The van der Waals surface area contributed by atoms with Gasteiger partial charge in [-0.2, -0.15) is 0 Å². The first-order valence-electron chi connectivity index (χ1n) is 5.61. The first-order valence-corrected chi connectivity index (χ1v) is 5.61. The number of hydrogen-bond donors (Lipinski definition) is 1. The molecule has 0 aliphatic carbocycles. The van der Waals surface area contributed by atoms with Gasteiger partial charge in [0.15, 0.2) is 0 Å². The molecule has 5 nitrogen and oxygen atoms in total.